The van der Waals surface area contributed by atoms with Crippen molar-refractivity contribution in [2.75, 3.05) is 5.32 Å². The number of carbonyl (C=O) groups excluding carboxylic acids is 1. The van der Waals surface area contributed by atoms with Crippen LogP contribution in [0.1, 0.15) is 5.56 Å². The molecule has 0 bridgehead atoms. The fourth-order valence-electron chi connectivity index (χ4n) is 2.24. The van der Waals surface area contributed by atoms with E-state index in [0.717, 1.165) is 5.56 Å². The molecule has 5 heteroatoms. The second-order valence-corrected chi connectivity index (χ2v) is 5.91. The van der Waals surface area contributed by atoms with Gasteiger partial charge in [-0.15, -0.1) is 0 Å². The number of hydrogen-bond donors (Lipinski definition) is 2. The number of phenols is 1. The molecule has 3 aromatic carbocycles. The summed E-state index contributed by atoms with van der Waals surface area (Å²) < 4.78 is 5.82. The van der Waals surface area contributed by atoms with Gasteiger partial charge in [0.05, 0.1) is 5.69 Å². The lowest BCUT2D eigenvalue weighted by Crippen LogP contribution is -2.08. The van der Waals surface area contributed by atoms with E-state index < -0.39 is 0 Å². The molecule has 0 atom stereocenters. The Morgan fingerprint density at radius 1 is 1.00 bits per heavy atom. The summed E-state index contributed by atoms with van der Waals surface area (Å²) in [5.74, 6) is 1.00. The van der Waals surface area contributed by atoms with Crippen LogP contribution in [0.3, 0.4) is 0 Å². The van der Waals surface area contributed by atoms with Crippen LogP contribution < -0.4 is 10.1 Å². The normalized spacial score (nSPS) is 10.7. The van der Waals surface area contributed by atoms with Crippen LogP contribution in [0, 0.1) is 0 Å². The molecule has 0 aliphatic heterocycles. The van der Waals surface area contributed by atoms with Crippen LogP contribution in [0.25, 0.3) is 6.08 Å². The molecule has 2 N–H and O–H groups in total. The van der Waals surface area contributed by atoms with Gasteiger partial charge in [-0.1, -0.05) is 41.9 Å². The number of amides is 1. The molecule has 0 heterocycles. The van der Waals surface area contributed by atoms with Gasteiger partial charge in [0.15, 0.2) is 5.75 Å². The molecule has 0 saturated carbocycles. The number of hydrogen-bond acceptors (Lipinski definition) is 3. The molecule has 26 heavy (non-hydrogen) atoms. The first-order chi connectivity index (χ1) is 12.6. The lowest BCUT2D eigenvalue weighted by atomic mass is 10.2. The quantitative estimate of drug-likeness (QED) is 0.588. The van der Waals surface area contributed by atoms with Crippen molar-refractivity contribution in [1.29, 1.82) is 0 Å². The van der Waals surface area contributed by atoms with E-state index in [0.29, 0.717) is 22.2 Å². The Labute approximate surface area is 156 Å². The van der Waals surface area contributed by atoms with Gasteiger partial charge in [0.1, 0.15) is 11.5 Å². The monoisotopic (exact) mass is 365 g/mol. The highest BCUT2D eigenvalue weighted by Gasteiger charge is 2.08. The number of aromatic hydroxyl groups is 1. The molecule has 4 nitrogen and oxygen atoms in total. The SMILES string of the molecule is O=C(/C=C/c1ccc(O)cc1)Nc1cc(Cl)ccc1Oc1ccccc1. The molecule has 3 aromatic rings. The minimum Gasteiger partial charge on any atom is -0.508 e. The summed E-state index contributed by atoms with van der Waals surface area (Å²) in [6.45, 7) is 0. The van der Waals surface area contributed by atoms with Crippen molar-refractivity contribution in [1.82, 2.24) is 0 Å². The molecule has 0 radical (unpaired) electrons. The van der Waals surface area contributed by atoms with Crippen LogP contribution in [-0.4, -0.2) is 11.0 Å². The van der Waals surface area contributed by atoms with Gasteiger partial charge in [-0.25, -0.2) is 0 Å². The average molecular weight is 366 g/mol. The van der Waals surface area contributed by atoms with E-state index in [-0.39, 0.29) is 11.7 Å². The van der Waals surface area contributed by atoms with Crippen molar-refractivity contribution in [3.05, 3.63) is 89.5 Å². The van der Waals surface area contributed by atoms with Crippen LogP contribution in [-0.2, 0) is 4.79 Å². The van der Waals surface area contributed by atoms with Crippen LogP contribution in [0.4, 0.5) is 5.69 Å². The number of anilines is 1. The van der Waals surface area contributed by atoms with E-state index in [4.69, 9.17) is 16.3 Å². The number of carbonyl (C=O) groups is 1. The molecule has 0 saturated heterocycles. The topological polar surface area (TPSA) is 58.6 Å². The Morgan fingerprint density at radius 2 is 1.73 bits per heavy atom. The van der Waals surface area contributed by atoms with Gasteiger partial charge in [0, 0.05) is 11.1 Å². The zero-order chi connectivity index (χ0) is 18.4. The highest BCUT2D eigenvalue weighted by molar-refractivity contribution is 6.31. The third-order valence-electron chi connectivity index (χ3n) is 3.49. The van der Waals surface area contributed by atoms with Crippen molar-refractivity contribution in [2.45, 2.75) is 0 Å². The van der Waals surface area contributed by atoms with Gasteiger partial charge >= 0.3 is 0 Å². The van der Waals surface area contributed by atoms with Crippen molar-refractivity contribution in [2.24, 2.45) is 0 Å². The predicted octanol–water partition coefficient (Wildman–Crippen LogP) is 5.49. The van der Waals surface area contributed by atoms with Crippen molar-refractivity contribution >= 4 is 29.3 Å². The van der Waals surface area contributed by atoms with Crippen LogP contribution in [0.2, 0.25) is 5.02 Å². The second-order valence-electron chi connectivity index (χ2n) is 5.47. The largest absolute Gasteiger partial charge is 0.508 e. The molecule has 0 spiro atoms. The van der Waals surface area contributed by atoms with Crippen LogP contribution in [0.5, 0.6) is 17.2 Å². The van der Waals surface area contributed by atoms with Crippen LogP contribution in [0.15, 0.2) is 78.9 Å². The lowest BCUT2D eigenvalue weighted by Gasteiger charge is -2.12. The number of rotatable bonds is 5. The van der Waals surface area contributed by atoms with E-state index >= 15 is 0 Å². The van der Waals surface area contributed by atoms with Crippen molar-refractivity contribution in [3.63, 3.8) is 0 Å². The Morgan fingerprint density at radius 3 is 2.46 bits per heavy atom. The smallest absolute Gasteiger partial charge is 0.248 e. The van der Waals surface area contributed by atoms with Gasteiger partial charge in [-0.2, -0.15) is 0 Å². The summed E-state index contributed by atoms with van der Waals surface area (Å²) >= 11 is 6.04. The minimum atomic E-state index is -0.321. The molecule has 0 aliphatic rings. The van der Waals surface area contributed by atoms with Gasteiger partial charge in [0.2, 0.25) is 5.91 Å². The summed E-state index contributed by atoms with van der Waals surface area (Å²) in [6, 6.07) is 20.8. The summed E-state index contributed by atoms with van der Waals surface area (Å²) in [7, 11) is 0. The maximum Gasteiger partial charge on any atom is 0.248 e. The molecule has 3 rings (SSSR count). The molecular formula is C21H16ClNO3. The fourth-order valence-corrected chi connectivity index (χ4v) is 2.41. The average Bonchev–Trinajstić information content (AvgIpc) is 2.64. The van der Waals surface area contributed by atoms with Gasteiger partial charge in [0.25, 0.3) is 0 Å². The highest BCUT2D eigenvalue weighted by atomic mass is 35.5. The number of ether oxygens (including phenoxy) is 1. The molecule has 0 fully saturated rings. The Kier molecular flexibility index (Phi) is 5.56. The molecule has 130 valence electrons. The predicted molar refractivity (Wildman–Crippen MR) is 104 cm³/mol. The lowest BCUT2D eigenvalue weighted by molar-refractivity contribution is -0.111. The van der Waals surface area contributed by atoms with Crippen molar-refractivity contribution in [3.8, 4) is 17.2 Å². The first-order valence-electron chi connectivity index (χ1n) is 7.91. The third-order valence-corrected chi connectivity index (χ3v) is 3.73. The number of para-hydroxylation sites is 1. The Balaban J connectivity index is 1.74. The van der Waals surface area contributed by atoms with E-state index in [1.54, 1.807) is 48.5 Å². The Hall–Kier alpha value is -3.24. The van der Waals surface area contributed by atoms with E-state index in [2.05, 4.69) is 5.32 Å². The third kappa shape index (κ3) is 4.88. The minimum absolute atomic E-state index is 0.174. The molecule has 0 aromatic heterocycles. The summed E-state index contributed by atoms with van der Waals surface area (Å²) in [5, 5.41) is 12.5. The van der Waals surface area contributed by atoms with E-state index in [1.165, 1.54) is 6.08 Å². The maximum atomic E-state index is 12.2. The summed E-state index contributed by atoms with van der Waals surface area (Å²) in [6.07, 6.45) is 3.05. The van der Waals surface area contributed by atoms with Gasteiger partial charge in [-0.3, -0.25) is 4.79 Å². The zero-order valence-corrected chi connectivity index (χ0v) is 14.5. The van der Waals surface area contributed by atoms with Gasteiger partial charge < -0.3 is 15.2 Å². The summed E-state index contributed by atoms with van der Waals surface area (Å²) in [5.41, 5.74) is 1.27. The zero-order valence-electron chi connectivity index (χ0n) is 13.7. The fraction of sp³-hybridized carbons (Fsp3) is 0. The molecule has 0 aliphatic carbocycles. The van der Waals surface area contributed by atoms with Gasteiger partial charge in [-0.05, 0) is 54.1 Å². The Bertz CT molecular complexity index is 922. The number of halogens is 1. The molecular weight excluding hydrogens is 350 g/mol. The standard InChI is InChI=1S/C21H16ClNO3/c22-16-9-12-20(26-18-4-2-1-3-5-18)19(14-16)23-21(25)13-8-15-6-10-17(24)11-7-15/h1-14,24H,(H,23,25)/b13-8+. The van der Waals surface area contributed by atoms with E-state index in [9.17, 15) is 9.90 Å². The second kappa shape index (κ2) is 8.23. The molecule has 1 amide bonds. The first-order valence-corrected chi connectivity index (χ1v) is 8.28. The molecule has 0 unspecified atom stereocenters. The number of benzene rings is 3. The number of nitrogens with one attached hydrogen (secondary N) is 1. The summed E-state index contributed by atoms with van der Waals surface area (Å²) in [4.78, 5) is 12.2. The number of phenolic OH excluding ortho intramolecular Hbond substituents is 1. The van der Waals surface area contributed by atoms with Crippen LogP contribution >= 0.6 is 11.6 Å². The van der Waals surface area contributed by atoms with Crippen molar-refractivity contribution < 1.29 is 14.6 Å². The highest BCUT2D eigenvalue weighted by Crippen LogP contribution is 2.32. The maximum absolute atomic E-state index is 12.2. The van der Waals surface area contributed by atoms with E-state index in [1.807, 2.05) is 30.3 Å². The first kappa shape index (κ1) is 17.6.